The lowest BCUT2D eigenvalue weighted by molar-refractivity contribution is 0.309. The molecule has 0 radical (unpaired) electrons. The molecule has 1 aliphatic carbocycles. The molecule has 1 aromatic heterocycles. The molecule has 0 unspecified atom stereocenters. The summed E-state index contributed by atoms with van der Waals surface area (Å²) in [6.45, 7) is 3.12. The molecule has 1 heterocycles. The summed E-state index contributed by atoms with van der Waals surface area (Å²) < 4.78 is 5.29. The first-order valence-corrected chi connectivity index (χ1v) is 10.2. The number of anilines is 1. The van der Waals surface area contributed by atoms with Crippen LogP contribution in [0.25, 0.3) is 0 Å². The van der Waals surface area contributed by atoms with Gasteiger partial charge in [-0.05, 0) is 66.7 Å². The third-order valence-electron chi connectivity index (χ3n) is 4.94. The molecule has 1 saturated carbocycles. The first-order valence-electron chi connectivity index (χ1n) is 8.92. The van der Waals surface area contributed by atoms with Crippen LogP contribution in [0, 0.1) is 5.92 Å². The van der Waals surface area contributed by atoms with Crippen molar-refractivity contribution in [1.29, 1.82) is 0 Å². The predicted molar refractivity (Wildman–Crippen MR) is 111 cm³/mol. The van der Waals surface area contributed by atoms with Gasteiger partial charge in [0.2, 0.25) is 0 Å². The van der Waals surface area contributed by atoms with Crippen molar-refractivity contribution in [3.8, 4) is 5.75 Å². The Morgan fingerprint density at radius 2 is 2.00 bits per heavy atom. The summed E-state index contributed by atoms with van der Waals surface area (Å²) in [5.41, 5.74) is 1.09. The van der Waals surface area contributed by atoms with Gasteiger partial charge in [0.15, 0.2) is 5.11 Å². The number of thiocarbonyl (C=S) groups is 1. The maximum atomic E-state index is 5.81. The van der Waals surface area contributed by atoms with Crippen LogP contribution in [-0.4, -0.2) is 18.3 Å². The van der Waals surface area contributed by atoms with Crippen LogP contribution >= 0.6 is 23.6 Å². The maximum absolute atomic E-state index is 5.81. The van der Waals surface area contributed by atoms with Gasteiger partial charge in [0.25, 0.3) is 0 Å². The summed E-state index contributed by atoms with van der Waals surface area (Å²) in [6, 6.07) is 12.9. The van der Waals surface area contributed by atoms with Gasteiger partial charge in [-0.3, -0.25) is 0 Å². The number of ether oxygens (including phenoxy) is 1. The van der Waals surface area contributed by atoms with Gasteiger partial charge in [0, 0.05) is 16.6 Å². The van der Waals surface area contributed by atoms with Crippen molar-refractivity contribution in [2.75, 3.05) is 12.0 Å². The van der Waals surface area contributed by atoms with Gasteiger partial charge in [0.05, 0.1) is 13.7 Å². The number of rotatable bonds is 5. The Morgan fingerprint density at radius 3 is 2.64 bits per heavy atom. The molecule has 0 saturated heterocycles. The average Bonchev–Trinajstić information content (AvgIpc) is 3.15. The van der Waals surface area contributed by atoms with Crippen molar-refractivity contribution in [3.05, 3.63) is 46.7 Å². The number of thiophene rings is 1. The minimum Gasteiger partial charge on any atom is -0.497 e. The number of hydrogen-bond donors (Lipinski definition) is 1. The van der Waals surface area contributed by atoms with Gasteiger partial charge >= 0.3 is 0 Å². The molecule has 2 atom stereocenters. The molecular weight excluding hydrogens is 348 g/mol. The minimum atomic E-state index is 0.477. The number of benzene rings is 1. The summed E-state index contributed by atoms with van der Waals surface area (Å²) in [5.74, 6) is 1.53. The largest absolute Gasteiger partial charge is 0.497 e. The molecule has 1 aromatic carbocycles. The van der Waals surface area contributed by atoms with Crippen LogP contribution in [0.1, 0.15) is 37.5 Å². The topological polar surface area (TPSA) is 24.5 Å². The molecule has 3 rings (SSSR count). The van der Waals surface area contributed by atoms with E-state index in [2.05, 4.69) is 46.8 Å². The fourth-order valence-corrected chi connectivity index (χ4v) is 4.38. The molecule has 1 fully saturated rings. The van der Waals surface area contributed by atoms with E-state index in [0.717, 1.165) is 23.1 Å². The molecule has 5 heteroatoms. The molecule has 1 aliphatic rings. The first-order chi connectivity index (χ1) is 12.2. The Morgan fingerprint density at radius 1 is 1.24 bits per heavy atom. The van der Waals surface area contributed by atoms with E-state index in [1.54, 1.807) is 18.4 Å². The summed E-state index contributed by atoms with van der Waals surface area (Å²) in [7, 11) is 1.69. The van der Waals surface area contributed by atoms with E-state index >= 15 is 0 Å². The summed E-state index contributed by atoms with van der Waals surface area (Å²) in [6.07, 6.45) is 5.12. The Labute approximate surface area is 160 Å². The van der Waals surface area contributed by atoms with Gasteiger partial charge < -0.3 is 15.0 Å². The molecule has 0 spiro atoms. The smallest absolute Gasteiger partial charge is 0.174 e. The molecular formula is C20H26N2OS2. The zero-order chi connectivity index (χ0) is 17.6. The van der Waals surface area contributed by atoms with E-state index in [1.807, 2.05) is 12.1 Å². The molecule has 134 valence electrons. The van der Waals surface area contributed by atoms with E-state index in [9.17, 15) is 0 Å². The van der Waals surface area contributed by atoms with E-state index in [4.69, 9.17) is 17.0 Å². The van der Waals surface area contributed by atoms with Gasteiger partial charge in [0.1, 0.15) is 5.75 Å². The van der Waals surface area contributed by atoms with E-state index in [0.29, 0.717) is 12.0 Å². The molecule has 0 amide bonds. The van der Waals surface area contributed by atoms with Crippen molar-refractivity contribution in [1.82, 2.24) is 5.32 Å². The lowest BCUT2D eigenvalue weighted by Gasteiger charge is -2.34. The zero-order valence-corrected chi connectivity index (χ0v) is 16.5. The Hall–Kier alpha value is -1.59. The fourth-order valence-electron chi connectivity index (χ4n) is 3.37. The summed E-state index contributed by atoms with van der Waals surface area (Å²) in [5, 5.41) is 6.57. The molecule has 0 bridgehead atoms. The minimum absolute atomic E-state index is 0.477. The third-order valence-corrected chi connectivity index (χ3v) is 6.14. The molecule has 2 aromatic rings. The Kier molecular flexibility index (Phi) is 6.32. The molecule has 1 N–H and O–H groups in total. The van der Waals surface area contributed by atoms with Crippen LogP contribution in [0.5, 0.6) is 5.75 Å². The zero-order valence-electron chi connectivity index (χ0n) is 14.9. The van der Waals surface area contributed by atoms with Gasteiger partial charge in [-0.2, -0.15) is 0 Å². The summed E-state index contributed by atoms with van der Waals surface area (Å²) >= 11 is 7.58. The van der Waals surface area contributed by atoms with Crippen molar-refractivity contribution in [3.63, 3.8) is 0 Å². The highest BCUT2D eigenvalue weighted by Gasteiger charge is 2.24. The van der Waals surface area contributed by atoms with E-state index < -0.39 is 0 Å². The Balaban J connectivity index is 1.77. The van der Waals surface area contributed by atoms with E-state index in [1.165, 1.54) is 30.6 Å². The second-order valence-corrected chi connectivity index (χ2v) is 8.10. The van der Waals surface area contributed by atoms with Gasteiger partial charge in [-0.1, -0.05) is 25.8 Å². The van der Waals surface area contributed by atoms with Crippen LogP contribution < -0.4 is 15.0 Å². The standard InChI is InChI=1S/C20H26N2OS2/c1-15-6-3-4-8-19(15)21-20(24)22(14-18-7-5-13-25-18)16-9-11-17(23-2)12-10-16/h5,7,9-13,15,19H,3-4,6,8,14H2,1-2H3,(H,21,24)/t15-,19+/m1/s1. The highest BCUT2D eigenvalue weighted by Crippen LogP contribution is 2.26. The maximum Gasteiger partial charge on any atom is 0.174 e. The van der Waals surface area contributed by atoms with Crippen LogP contribution in [0.2, 0.25) is 0 Å². The Bertz CT molecular complexity index is 670. The van der Waals surface area contributed by atoms with Crippen molar-refractivity contribution < 1.29 is 4.74 Å². The van der Waals surface area contributed by atoms with Crippen LogP contribution in [-0.2, 0) is 6.54 Å². The molecule has 3 nitrogen and oxygen atoms in total. The average molecular weight is 375 g/mol. The summed E-state index contributed by atoms with van der Waals surface area (Å²) in [4.78, 5) is 3.50. The quantitative estimate of drug-likeness (QED) is 0.726. The fraction of sp³-hybridized carbons (Fsp3) is 0.450. The third kappa shape index (κ3) is 4.73. The molecule has 0 aliphatic heterocycles. The van der Waals surface area contributed by atoms with Crippen molar-refractivity contribution >= 4 is 34.4 Å². The molecule has 25 heavy (non-hydrogen) atoms. The van der Waals surface area contributed by atoms with Gasteiger partial charge in [-0.15, -0.1) is 11.3 Å². The number of nitrogens with zero attached hydrogens (tertiary/aromatic N) is 1. The monoisotopic (exact) mass is 374 g/mol. The second kappa shape index (κ2) is 8.68. The second-order valence-electron chi connectivity index (χ2n) is 6.68. The normalized spacial score (nSPS) is 20.1. The predicted octanol–water partition coefficient (Wildman–Crippen LogP) is 5.22. The highest BCUT2D eigenvalue weighted by molar-refractivity contribution is 7.80. The van der Waals surface area contributed by atoms with Crippen LogP contribution in [0.3, 0.4) is 0 Å². The SMILES string of the molecule is COc1ccc(N(Cc2cccs2)C(=S)N[C@H]2CCCC[C@H]2C)cc1. The van der Waals surface area contributed by atoms with Crippen molar-refractivity contribution in [2.24, 2.45) is 5.92 Å². The van der Waals surface area contributed by atoms with Crippen LogP contribution in [0.4, 0.5) is 5.69 Å². The van der Waals surface area contributed by atoms with Crippen molar-refractivity contribution in [2.45, 2.75) is 45.2 Å². The highest BCUT2D eigenvalue weighted by atomic mass is 32.1. The number of hydrogen-bond acceptors (Lipinski definition) is 3. The van der Waals surface area contributed by atoms with Gasteiger partial charge in [-0.25, -0.2) is 0 Å². The number of nitrogens with one attached hydrogen (secondary N) is 1. The lowest BCUT2D eigenvalue weighted by Crippen LogP contribution is -2.47. The number of methoxy groups -OCH3 is 1. The van der Waals surface area contributed by atoms with Crippen LogP contribution in [0.15, 0.2) is 41.8 Å². The van der Waals surface area contributed by atoms with E-state index in [-0.39, 0.29) is 0 Å². The first kappa shape index (κ1) is 18.2. The lowest BCUT2D eigenvalue weighted by atomic mass is 9.86.